The summed E-state index contributed by atoms with van der Waals surface area (Å²) in [5.74, 6) is -0.611. The van der Waals surface area contributed by atoms with Gasteiger partial charge in [-0.15, -0.1) is 13.2 Å². The lowest BCUT2D eigenvalue weighted by Gasteiger charge is -2.36. The first kappa shape index (κ1) is 19.4. The average molecular weight is 402 g/mol. The molecule has 29 heavy (non-hydrogen) atoms. The lowest BCUT2D eigenvalue weighted by molar-refractivity contribution is -0.274. The first-order valence-corrected chi connectivity index (χ1v) is 9.57. The molecule has 0 saturated carbocycles. The van der Waals surface area contributed by atoms with Crippen LogP contribution < -0.4 is 15.4 Å². The van der Waals surface area contributed by atoms with Crippen molar-refractivity contribution in [1.82, 2.24) is 0 Å². The molecule has 3 atom stereocenters. The number of carbonyl (C=O) groups excluding carboxylic acids is 1. The number of hydrogen-bond acceptors (Lipinski definition) is 3. The van der Waals surface area contributed by atoms with Crippen molar-refractivity contribution < 1.29 is 22.7 Å². The van der Waals surface area contributed by atoms with Crippen LogP contribution in [0.1, 0.15) is 30.4 Å². The van der Waals surface area contributed by atoms with E-state index in [1.54, 1.807) is 6.07 Å². The number of allylic oxidation sites excluding steroid dienone is 2. The van der Waals surface area contributed by atoms with Gasteiger partial charge < -0.3 is 15.4 Å². The number of benzene rings is 2. The number of ether oxygens (including phenoxy) is 1. The number of amides is 1. The van der Waals surface area contributed by atoms with Crippen molar-refractivity contribution in [1.29, 1.82) is 0 Å². The zero-order valence-electron chi connectivity index (χ0n) is 15.8. The second kappa shape index (κ2) is 7.46. The summed E-state index contributed by atoms with van der Waals surface area (Å²) in [5, 5.41) is 6.24. The van der Waals surface area contributed by atoms with Crippen molar-refractivity contribution in [2.24, 2.45) is 5.92 Å². The highest BCUT2D eigenvalue weighted by Crippen LogP contribution is 2.46. The van der Waals surface area contributed by atoms with Crippen LogP contribution in [-0.2, 0) is 11.2 Å². The summed E-state index contributed by atoms with van der Waals surface area (Å²) >= 11 is 0. The summed E-state index contributed by atoms with van der Waals surface area (Å²) in [4.78, 5) is 13.1. The quantitative estimate of drug-likeness (QED) is 0.688. The molecule has 2 N–H and O–H groups in total. The maximum Gasteiger partial charge on any atom is 0.573 e. The molecule has 2 aromatic carbocycles. The Balaban J connectivity index is 1.59. The number of rotatable bonds is 4. The molecule has 0 spiro atoms. The molecule has 1 heterocycles. The lowest BCUT2D eigenvalue weighted by atomic mass is 9.79. The first-order valence-electron chi connectivity index (χ1n) is 9.57. The normalized spacial score (nSPS) is 22.4. The van der Waals surface area contributed by atoms with E-state index in [0.29, 0.717) is 17.7 Å². The minimum Gasteiger partial charge on any atom is -0.406 e. The van der Waals surface area contributed by atoms with Gasteiger partial charge in [0.05, 0.1) is 0 Å². The van der Waals surface area contributed by atoms with E-state index in [-0.39, 0.29) is 23.5 Å². The van der Waals surface area contributed by atoms with Gasteiger partial charge in [0.15, 0.2) is 0 Å². The minimum absolute atomic E-state index is 0.0718. The second-order valence-corrected chi connectivity index (χ2v) is 7.27. The van der Waals surface area contributed by atoms with Gasteiger partial charge in [-0.3, -0.25) is 4.79 Å². The van der Waals surface area contributed by atoms with Crippen LogP contribution in [-0.4, -0.2) is 18.3 Å². The van der Waals surface area contributed by atoms with E-state index >= 15 is 0 Å². The van der Waals surface area contributed by atoms with Gasteiger partial charge in [0, 0.05) is 23.2 Å². The van der Waals surface area contributed by atoms with E-state index < -0.39 is 12.4 Å². The zero-order valence-corrected chi connectivity index (χ0v) is 15.8. The number of anilines is 2. The molecule has 1 amide bonds. The van der Waals surface area contributed by atoms with Gasteiger partial charge in [-0.2, -0.15) is 0 Å². The fourth-order valence-corrected chi connectivity index (χ4v) is 4.19. The van der Waals surface area contributed by atoms with Gasteiger partial charge in [0.1, 0.15) is 11.8 Å². The maximum absolute atomic E-state index is 13.1. The van der Waals surface area contributed by atoms with E-state index in [9.17, 15) is 18.0 Å². The number of para-hydroxylation sites is 1. The molecule has 152 valence electrons. The van der Waals surface area contributed by atoms with Crippen molar-refractivity contribution >= 4 is 17.3 Å². The first-order chi connectivity index (χ1) is 13.9. The van der Waals surface area contributed by atoms with Crippen molar-refractivity contribution in [3.05, 3.63) is 65.7 Å². The van der Waals surface area contributed by atoms with E-state index in [4.69, 9.17) is 0 Å². The van der Waals surface area contributed by atoms with Crippen LogP contribution in [0.4, 0.5) is 24.5 Å². The fourth-order valence-electron chi connectivity index (χ4n) is 4.19. The highest BCUT2D eigenvalue weighted by molar-refractivity contribution is 5.98. The van der Waals surface area contributed by atoms with Crippen LogP contribution in [0, 0.1) is 5.92 Å². The largest absolute Gasteiger partial charge is 0.573 e. The Morgan fingerprint density at radius 2 is 2.03 bits per heavy atom. The number of nitrogens with one attached hydrogen (secondary N) is 2. The number of fused-ring (bicyclic) bond motifs is 3. The smallest absolute Gasteiger partial charge is 0.406 e. The summed E-state index contributed by atoms with van der Waals surface area (Å²) in [6.07, 6.45) is 0.671. The fraction of sp³-hybridized carbons (Fsp3) is 0.318. The van der Waals surface area contributed by atoms with E-state index in [1.165, 1.54) is 12.1 Å². The third kappa shape index (κ3) is 3.95. The highest BCUT2D eigenvalue weighted by atomic mass is 19.4. The molecule has 7 heteroatoms. The molecule has 0 saturated heterocycles. The van der Waals surface area contributed by atoms with Crippen LogP contribution in [0.15, 0.2) is 54.6 Å². The van der Waals surface area contributed by atoms with Crippen molar-refractivity contribution in [3.63, 3.8) is 0 Å². The summed E-state index contributed by atoms with van der Waals surface area (Å²) in [5.41, 5.74) is 3.19. The standard InChI is InChI=1S/C22H21F3N2O2/c1-2-13-6-3-4-9-18(13)27-21(28)20-16-8-5-7-15(16)17-12-14(29-22(23,24)25)10-11-19(17)26-20/h3-7,9-12,15-16,20,26H,2,8H2,1H3,(H,27,28). The number of alkyl halides is 3. The van der Waals surface area contributed by atoms with Gasteiger partial charge in [-0.25, -0.2) is 0 Å². The predicted octanol–water partition coefficient (Wildman–Crippen LogP) is 5.24. The number of hydrogen-bond donors (Lipinski definition) is 2. The average Bonchev–Trinajstić information content (AvgIpc) is 3.16. The molecule has 4 nitrogen and oxygen atoms in total. The third-order valence-electron chi connectivity index (χ3n) is 5.51. The van der Waals surface area contributed by atoms with E-state index in [1.807, 2.05) is 43.3 Å². The molecular weight excluding hydrogens is 381 g/mol. The lowest BCUT2D eigenvalue weighted by Crippen LogP contribution is -2.45. The summed E-state index contributed by atoms with van der Waals surface area (Å²) in [7, 11) is 0. The van der Waals surface area contributed by atoms with Gasteiger partial charge in [0.2, 0.25) is 5.91 Å². The summed E-state index contributed by atoms with van der Waals surface area (Å²) in [6, 6.07) is 11.4. The Morgan fingerprint density at radius 3 is 2.79 bits per heavy atom. The van der Waals surface area contributed by atoms with Gasteiger partial charge in [-0.1, -0.05) is 37.3 Å². The topological polar surface area (TPSA) is 50.4 Å². The van der Waals surface area contributed by atoms with Gasteiger partial charge in [-0.05, 0) is 48.2 Å². The van der Waals surface area contributed by atoms with Crippen molar-refractivity contribution in [2.75, 3.05) is 10.6 Å². The van der Waals surface area contributed by atoms with Crippen molar-refractivity contribution in [3.8, 4) is 5.75 Å². The van der Waals surface area contributed by atoms with Crippen LogP contribution in [0.3, 0.4) is 0 Å². The molecule has 1 aliphatic carbocycles. The van der Waals surface area contributed by atoms with Crippen LogP contribution >= 0.6 is 0 Å². The Kier molecular flexibility index (Phi) is 4.98. The summed E-state index contributed by atoms with van der Waals surface area (Å²) < 4.78 is 41.8. The van der Waals surface area contributed by atoms with Gasteiger partial charge >= 0.3 is 6.36 Å². The van der Waals surface area contributed by atoms with E-state index in [2.05, 4.69) is 15.4 Å². The van der Waals surface area contributed by atoms with Gasteiger partial charge in [0.25, 0.3) is 0 Å². The molecule has 2 aromatic rings. The minimum atomic E-state index is -4.74. The molecule has 3 unspecified atom stereocenters. The summed E-state index contributed by atoms with van der Waals surface area (Å²) in [6.45, 7) is 2.03. The van der Waals surface area contributed by atoms with Crippen LogP contribution in [0.25, 0.3) is 0 Å². The second-order valence-electron chi connectivity index (χ2n) is 7.27. The Labute approximate surface area is 166 Å². The third-order valence-corrected chi connectivity index (χ3v) is 5.51. The molecule has 1 aliphatic heterocycles. The Bertz CT molecular complexity index is 955. The number of halogens is 3. The molecule has 2 aliphatic rings. The molecule has 0 fully saturated rings. The zero-order chi connectivity index (χ0) is 20.6. The molecular formula is C22H21F3N2O2. The van der Waals surface area contributed by atoms with Crippen LogP contribution in [0.5, 0.6) is 5.75 Å². The molecule has 4 rings (SSSR count). The Hall–Kier alpha value is -2.96. The maximum atomic E-state index is 13.1. The van der Waals surface area contributed by atoms with Crippen LogP contribution in [0.2, 0.25) is 0 Å². The molecule has 0 radical (unpaired) electrons. The molecule has 0 aromatic heterocycles. The highest BCUT2D eigenvalue weighted by Gasteiger charge is 2.41. The van der Waals surface area contributed by atoms with E-state index in [0.717, 1.165) is 17.7 Å². The number of carbonyl (C=O) groups is 1. The molecule has 0 bridgehead atoms. The Morgan fingerprint density at radius 1 is 1.24 bits per heavy atom. The number of aryl methyl sites for hydroxylation is 1. The monoisotopic (exact) mass is 402 g/mol. The predicted molar refractivity (Wildman–Crippen MR) is 105 cm³/mol. The van der Waals surface area contributed by atoms with Crippen molar-refractivity contribution in [2.45, 2.75) is 38.1 Å². The SMILES string of the molecule is CCc1ccccc1NC(=O)C1Nc2ccc(OC(F)(F)F)cc2C2C=CCC12.